The SMILES string of the molecule is CCCCN(Cc1ccccc1C)C(=O)c1sc(C)nc1C. The molecule has 1 amide bonds. The number of amides is 1. The smallest absolute Gasteiger partial charge is 0.266 e. The first-order chi connectivity index (χ1) is 10.5. The van der Waals surface area contributed by atoms with Gasteiger partial charge in [-0.15, -0.1) is 11.3 Å². The van der Waals surface area contributed by atoms with Gasteiger partial charge in [-0.05, 0) is 38.3 Å². The van der Waals surface area contributed by atoms with E-state index in [4.69, 9.17) is 0 Å². The number of nitrogens with zero attached hydrogens (tertiary/aromatic N) is 2. The molecule has 0 N–H and O–H groups in total. The highest BCUT2D eigenvalue weighted by Gasteiger charge is 2.21. The number of benzene rings is 1. The summed E-state index contributed by atoms with van der Waals surface area (Å²) in [7, 11) is 0. The van der Waals surface area contributed by atoms with Gasteiger partial charge in [-0.3, -0.25) is 4.79 Å². The van der Waals surface area contributed by atoms with E-state index in [1.54, 1.807) is 0 Å². The van der Waals surface area contributed by atoms with Crippen LogP contribution in [0.2, 0.25) is 0 Å². The van der Waals surface area contributed by atoms with Crippen LogP contribution in [-0.4, -0.2) is 22.3 Å². The summed E-state index contributed by atoms with van der Waals surface area (Å²) in [6, 6.07) is 8.27. The Balaban J connectivity index is 2.24. The molecular formula is C18H24N2OS. The summed E-state index contributed by atoms with van der Waals surface area (Å²) in [5.74, 6) is 0.111. The monoisotopic (exact) mass is 316 g/mol. The van der Waals surface area contributed by atoms with Gasteiger partial charge in [0.05, 0.1) is 10.7 Å². The molecule has 1 heterocycles. The van der Waals surface area contributed by atoms with Crippen molar-refractivity contribution >= 4 is 17.2 Å². The van der Waals surface area contributed by atoms with Crippen molar-refractivity contribution < 1.29 is 4.79 Å². The van der Waals surface area contributed by atoms with Crippen molar-refractivity contribution in [2.24, 2.45) is 0 Å². The molecule has 1 aromatic carbocycles. The first kappa shape index (κ1) is 16.7. The number of unbranched alkanes of at least 4 members (excludes halogenated alkanes) is 1. The van der Waals surface area contributed by atoms with Crippen LogP contribution >= 0.6 is 11.3 Å². The summed E-state index contributed by atoms with van der Waals surface area (Å²) in [6.07, 6.45) is 2.10. The first-order valence-electron chi connectivity index (χ1n) is 7.80. The molecule has 0 radical (unpaired) electrons. The standard InChI is InChI=1S/C18H24N2OS/c1-5-6-11-20(12-16-10-8-7-9-13(16)2)18(21)17-14(3)19-15(4)22-17/h7-10H,5-6,11-12H2,1-4H3. The fourth-order valence-corrected chi connectivity index (χ4v) is 3.36. The van der Waals surface area contributed by atoms with E-state index in [2.05, 4.69) is 31.0 Å². The lowest BCUT2D eigenvalue weighted by molar-refractivity contribution is 0.0744. The van der Waals surface area contributed by atoms with Crippen LogP contribution in [0.15, 0.2) is 24.3 Å². The van der Waals surface area contributed by atoms with Crippen molar-refractivity contribution in [3.05, 3.63) is 51.0 Å². The van der Waals surface area contributed by atoms with Gasteiger partial charge in [0, 0.05) is 13.1 Å². The number of carbonyl (C=O) groups excluding carboxylic acids is 1. The van der Waals surface area contributed by atoms with Crippen molar-refractivity contribution in [1.82, 2.24) is 9.88 Å². The van der Waals surface area contributed by atoms with E-state index in [1.807, 2.05) is 30.9 Å². The van der Waals surface area contributed by atoms with Gasteiger partial charge in [0.15, 0.2) is 0 Å². The second-order valence-corrected chi connectivity index (χ2v) is 6.86. The minimum atomic E-state index is 0.111. The minimum absolute atomic E-state index is 0.111. The molecule has 22 heavy (non-hydrogen) atoms. The third-order valence-corrected chi connectivity index (χ3v) is 4.85. The Kier molecular flexibility index (Phi) is 5.72. The second kappa shape index (κ2) is 7.54. The van der Waals surface area contributed by atoms with Crippen LogP contribution in [0.4, 0.5) is 0 Å². The Morgan fingerprint density at radius 1 is 1.23 bits per heavy atom. The maximum atomic E-state index is 12.9. The van der Waals surface area contributed by atoms with Gasteiger partial charge in [-0.25, -0.2) is 4.98 Å². The van der Waals surface area contributed by atoms with Gasteiger partial charge >= 0.3 is 0 Å². The molecule has 0 saturated heterocycles. The number of aromatic nitrogens is 1. The topological polar surface area (TPSA) is 33.2 Å². The zero-order valence-corrected chi connectivity index (χ0v) is 14.7. The first-order valence-corrected chi connectivity index (χ1v) is 8.62. The van der Waals surface area contributed by atoms with Crippen molar-refractivity contribution in [2.75, 3.05) is 6.54 Å². The van der Waals surface area contributed by atoms with Crippen LogP contribution in [0, 0.1) is 20.8 Å². The van der Waals surface area contributed by atoms with E-state index >= 15 is 0 Å². The molecule has 2 aromatic rings. The summed E-state index contributed by atoms with van der Waals surface area (Å²) >= 11 is 1.50. The summed E-state index contributed by atoms with van der Waals surface area (Å²) in [5.41, 5.74) is 3.29. The number of hydrogen-bond acceptors (Lipinski definition) is 3. The molecule has 2 rings (SSSR count). The Bertz CT molecular complexity index is 648. The number of rotatable bonds is 6. The fourth-order valence-electron chi connectivity index (χ4n) is 2.47. The zero-order chi connectivity index (χ0) is 16.1. The van der Waals surface area contributed by atoms with Gasteiger partial charge in [0.2, 0.25) is 0 Å². The van der Waals surface area contributed by atoms with Crippen molar-refractivity contribution in [1.29, 1.82) is 0 Å². The lowest BCUT2D eigenvalue weighted by Crippen LogP contribution is -2.31. The van der Waals surface area contributed by atoms with Crippen molar-refractivity contribution in [2.45, 2.75) is 47.1 Å². The predicted octanol–water partition coefficient (Wildman–Crippen LogP) is 4.51. The maximum Gasteiger partial charge on any atom is 0.266 e. The third-order valence-electron chi connectivity index (χ3n) is 3.79. The molecular weight excluding hydrogens is 292 g/mol. The maximum absolute atomic E-state index is 12.9. The summed E-state index contributed by atoms with van der Waals surface area (Å²) in [4.78, 5) is 20.0. The molecule has 0 bridgehead atoms. The highest BCUT2D eigenvalue weighted by atomic mass is 32.1. The largest absolute Gasteiger partial charge is 0.334 e. The molecule has 0 unspecified atom stereocenters. The molecule has 4 heteroatoms. The third kappa shape index (κ3) is 3.95. The highest BCUT2D eigenvalue weighted by molar-refractivity contribution is 7.13. The van der Waals surface area contributed by atoms with Gasteiger partial charge in [-0.2, -0.15) is 0 Å². The van der Waals surface area contributed by atoms with Gasteiger partial charge < -0.3 is 4.90 Å². The predicted molar refractivity (Wildman–Crippen MR) is 92.4 cm³/mol. The zero-order valence-electron chi connectivity index (χ0n) is 13.8. The average molecular weight is 316 g/mol. The van der Waals surface area contributed by atoms with Crippen LogP contribution in [0.25, 0.3) is 0 Å². The lowest BCUT2D eigenvalue weighted by atomic mass is 10.1. The molecule has 1 aromatic heterocycles. The second-order valence-electron chi connectivity index (χ2n) is 5.65. The van der Waals surface area contributed by atoms with Crippen molar-refractivity contribution in [3.8, 4) is 0 Å². The number of thiazole rings is 1. The van der Waals surface area contributed by atoms with Crippen LogP contribution in [-0.2, 0) is 6.54 Å². The number of carbonyl (C=O) groups is 1. The van der Waals surface area contributed by atoms with Crippen molar-refractivity contribution in [3.63, 3.8) is 0 Å². The fraction of sp³-hybridized carbons (Fsp3) is 0.444. The molecule has 0 aliphatic rings. The van der Waals surface area contributed by atoms with E-state index in [9.17, 15) is 4.79 Å². The van der Waals surface area contributed by atoms with E-state index in [-0.39, 0.29) is 5.91 Å². The van der Waals surface area contributed by atoms with E-state index in [0.29, 0.717) is 6.54 Å². The Hall–Kier alpha value is -1.68. The summed E-state index contributed by atoms with van der Waals surface area (Å²) in [6.45, 7) is 9.58. The average Bonchev–Trinajstić information content (AvgIpc) is 2.83. The van der Waals surface area contributed by atoms with Crippen LogP contribution < -0.4 is 0 Å². The van der Waals surface area contributed by atoms with Gasteiger partial charge in [-0.1, -0.05) is 37.6 Å². The van der Waals surface area contributed by atoms with Gasteiger partial charge in [0.1, 0.15) is 4.88 Å². The Labute approximate surface area is 137 Å². The van der Waals surface area contributed by atoms with Gasteiger partial charge in [0.25, 0.3) is 5.91 Å². The molecule has 0 aliphatic carbocycles. The summed E-state index contributed by atoms with van der Waals surface area (Å²) in [5, 5.41) is 0.951. The van der Waals surface area contributed by atoms with Crippen LogP contribution in [0.3, 0.4) is 0 Å². The lowest BCUT2D eigenvalue weighted by Gasteiger charge is -2.23. The quantitative estimate of drug-likeness (QED) is 0.785. The minimum Gasteiger partial charge on any atom is -0.334 e. The Morgan fingerprint density at radius 2 is 1.95 bits per heavy atom. The molecule has 3 nitrogen and oxygen atoms in total. The van der Waals surface area contributed by atoms with E-state index in [0.717, 1.165) is 35.0 Å². The summed E-state index contributed by atoms with van der Waals surface area (Å²) < 4.78 is 0. The molecule has 0 aliphatic heterocycles. The molecule has 0 atom stereocenters. The van der Waals surface area contributed by atoms with E-state index in [1.165, 1.54) is 22.5 Å². The molecule has 0 fully saturated rings. The molecule has 118 valence electrons. The Morgan fingerprint density at radius 3 is 2.55 bits per heavy atom. The van der Waals surface area contributed by atoms with Crippen LogP contribution in [0.1, 0.15) is 51.3 Å². The van der Waals surface area contributed by atoms with E-state index < -0.39 is 0 Å². The normalized spacial score (nSPS) is 10.7. The molecule has 0 spiro atoms. The molecule has 0 saturated carbocycles. The number of aryl methyl sites for hydroxylation is 3. The highest BCUT2D eigenvalue weighted by Crippen LogP contribution is 2.21. The number of hydrogen-bond donors (Lipinski definition) is 0. The van der Waals surface area contributed by atoms with Crippen LogP contribution in [0.5, 0.6) is 0 Å².